The largest absolute Gasteiger partial charge is 0.463 e. The summed E-state index contributed by atoms with van der Waals surface area (Å²) in [5.74, 6) is -0.804. The molecule has 1 aromatic carbocycles. The minimum atomic E-state index is -0.684. The summed E-state index contributed by atoms with van der Waals surface area (Å²) in [7, 11) is 1.23. The number of hydrogen-bond donors (Lipinski definition) is 1. The van der Waals surface area contributed by atoms with Crippen molar-refractivity contribution in [2.45, 2.75) is 0 Å². The van der Waals surface area contributed by atoms with Crippen LogP contribution >= 0.6 is 15.9 Å². The minimum Gasteiger partial charge on any atom is -0.463 e. The monoisotopic (exact) mass is 308 g/mol. The molecule has 5 nitrogen and oxygen atoms in total. The molecule has 0 unspecified atom stereocenters. The molecular weight excluding hydrogens is 300 g/mol. The number of nitrogens with one attached hydrogen (secondary N) is 1. The molecule has 0 aliphatic carbocycles. The van der Waals surface area contributed by atoms with Crippen LogP contribution in [0.2, 0.25) is 0 Å². The molecule has 0 fully saturated rings. The van der Waals surface area contributed by atoms with Crippen molar-refractivity contribution < 1.29 is 9.53 Å². The molecule has 0 aliphatic heterocycles. The highest BCUT2D eigenvalue weighted by molar-refractivity contribution is 9.10. The van der Waals surface area contributed by atoms with Crippen molar-refractivity contribution in [3.8, 4) is 11.3 Å². The lowest BCUT2D eigenvalue weighted by atomic mass is 10.1. The number of esters is 1. The van der Waals surface area contributed by atoms with Crippen LogP contribution in [0.1, 0.15) is 10.6 Å². The molecular formula is C12H9BrN2O3. The number of benzene rings is 1. The quantitative estimate of drug-likeness (QED) is 0.861. The highest BCUT2D eigenvalue weighted by atomic mass is 79.9. The van der Waals surface area contributed by atoms with Gasteiger partial charge in [0, 0.05) is 5.56 Å². The van der Waals surface area contributed by atoms with Gasteiger partial charge in [-0.25, -0.2) is 9.78 Å². The maximum atomic E-state index is 11.7. The third-order valence-corrected chi connectivity index (χ3v) is 3.02. The van der Waals surface area contributed by atoms with Crippen LogP contribution in [-0.4, -0.2) is 23.0 Å². The number of halogens is 1. The predicted molar refractivity (Wildman–Crippen MR) is 69.3 cm³/mol. The van der Waals surface area contributed by atoms with Crippen molar-refractivity contribution in [2.24, 2.45) is 0 Å². The maximum absolute atomic E-state index is 11.7. The van der Waals surface area contributed by atoms with Crippen molar-refractivity contribution in [1.29, 1.82) is 0 Å². The summed E-state index contributed by atoms with van der Waals surface area (Å²) in [6.07, 6.45) is 0. The number of rotatable bonds is 2. The number of methoxy groups -OCH3 is 1. The highest BCUT2D eigenvalue weighted by Gasteiger charge is 2.15. The van der Waals surface area contributed by atoms with Crippen molar-refractivity contribution >= 4 is 21.9 Å². The van der Waals surface area contributed by atoms with Crippen LogP contribution in [-0.2, 0) is 4.74 Å². The Balaban J connectivity index is 2.64. The van der Waals surface area contributed by atoms with E-state index in [0.29, 0.717) is 5.69 Å². The minimum absolute atomic E-state index is 0.121. The summed E-state index contributed by atoms with van der Waals surface area (Å²) in [5, 5.41) is 0. The van der Waals surface area contributed by atoms with Gasteiger partial charge in [-0.2, -0.15) is 0 Å². The molecule has 2 rings (SSSR count). The average Bonchev–Trinajstić information content (AvgIpc) is 2.41. The molecule has 0 amide bonds. The summed E-state index contributed by atoms with van der Waals surface area (Å²) in [6.45, 7) is 0. The van der Waals surface area contributed by atoms with Gasteiger partial charge in [-0.1, -0.05) is 30.3 Å². The zero-order chi connectivity index (χ0) is 13.1. The standard InChI is InChI=1S/C12H9BrN2O3/c1-18-12(17)10-14-9(8(13)11(16)15-10)7-5-3-2-4-6-7/h2-6H,1H3,(H,14,15,16). The number of H-pyrrole nitrogens is 1. The van der Waals surface area contributed by atoms with Crippen LogP contribution < -0.4 is 5.56 Å². The average molecular weight is 309 g/mol. The van der Waals surface area contributed by atoms with Gasteiger partial charge in [0.1, 0.15) is 4.47 Å². The molecule has 0 saturated heterocycles. The Morgan fingerprint density at radius 1 is 1.33 bits per heavy atom. The van der Waals surface area contributed by atoms with E-state index in [2.05, 4.69) is 30.6 Å². The molecule has 1 heterocycles. The molecule has 6 heteroatoms. The van der Waals surface area contributed by atoms with E-state index in [1.165, 1.54) is 7.11 Å². The van der Waals surface area contributed by atoms with Gasteiger partial charge in [0.05, 0.1) is 12.8 Å². The van der Waals surface area contributed by atoms with E-state index in [1.807, 2.05) is 18.2 Å². The topological polar surface area (TPSA) is 72.0 Å². The first-order valence-electron chi connectivity index (χ1n) is 5.07. The molecule has 0 bridgehead atoms. The van der Waals surface area contributed by atoms with Gasteiger partial charge in [-0.15, -0.1) is 0 Å². The normalized spacial score (nSPS) is 10.1. The van der Waals surface area contributed by atoms with E-state index in [-0.39, 0.29) is 10.3 Å². The molecule has 1 N–H and O–H groups in total. The number of ether oxygens (including phenoxy) is 1. The second-order valence-corrected chi connectivity index (χ2v) is 4.23. The first-order valence-corrected chi connectivity index (χ1v) is 5.86. The van der Waals surface area contributed by atoms with E-state index in [1.54, 1.807) is 12.1 Å². The number of carbonyl (C=O) groups is 1. The van der Waals surface area contributed by atoms with Crippen molar-refractivity contribution in [1.82, 2.24) is 9.97 Å². The Hall–Kier alpha value is -1.95. The zero-order valence-corrected chi connectivity index (χ0v) is 11.0. The van der Waals surface area contributed by atoms with Gasteiger partial charge in [0.25, 0.3) is 5.56 Å². The lowest BCUT2D eigenvalue weighted by molar-refractivity contribution is 0.0586. The van der Waals surface area contributed by atoms with Gasteiger partial charge in [0.15, 0.2) is 0 Å². The Morgan fingerprint density at radius 3 is 2.61 bits per heavy atom. The number of aromatic nitrogens is 2. The van der Waals surface area contributed by atoms with Crippen molar-refractivity contribution in [2.75, 3.05) is 7.11 Å². The second kappa shape index (κ2) is 5.14. The lowest BCUT2D eigenvalue weighted by Gasteiger charge is -2.05. The van der Waals surface area contributed by atoms with Crippen LogP contribution in [0.25, 0.3) is 11.3 Å². The Labute approximate surface area is 111 Å². The Bertz CT molecular complexity index is 638. The molecule has 0 aliphatic rings. The van der Waals surface area contributed by atoms with Crippen LogP contribution in [0.5, 0.6) is 0 Å². The second-order valence-electron chi connectivity index (χ2n) is 3.43. The van der Waals surface area contributed by atoms with Crippen molar-refractivity contribution in [3.05, 3.63) is 51.0 Å². The van der Waals surface area contributed by atoms with Gasteiger partial charge >= 0.3 is 5.97 Å². The van der Waals surface area contributed by atoms with Gasteiger partial charge in [-0.3, -0.25) is 9.78 Å². The van der Waals surface area contributed by atoms with Gasteiger partial charge in [-0.05, 0) is 15.9 Å². The van der Waals surface area contributed by atoms with E-state index >= 15 is 0 Å². The van der Waals surface area contributed by atoms with E-state index in [4.69, 9.17) is 0 Å². The van der Waals surface area contributed by atoms with Gasteiger partial charge < -0.3 is 4.74 Å². The molecule has 2 aromatic rings. The van der Waals surface area contributed by atoms with Crippen molar-refractivity contribution in [3.63, 3.8) is 0 Å². The summed E-state index contributed by atoms with van der Waals surface area (Å²) in [6, 6.07) is 9.10. The van der Waals surface area contributed by atoms with Crippen LogP contribution in [0, 0.1) is 0 Å². The fourth-order valence-electron chi connectivity index (χ4n) is 1.44. The fourth-order valence-corrected chi connectivity index (χ4v) is 1.86. The first-order chi connectivity index (χ1) is 8.63. The number of carbonyl (C=O) groups excluding carboxylic acids is 1. The molecule has 0 spiro atoms. The first kappa shape index (κ1) is 12.5. The molecule has 0 saturated carbocycles. The summed E-state index contributed by atoms with van der Waals surface area (Å²) in [5.41, 5.74) is 0.713. The third-order valence-electron chi connectivity index (χ3n) is 2.29. The van der Waals surface area contributed by atoms with Crippen LogP contribution in [0.15, 0.2) is 39.6 Å². The zero-order valence-electron chi connectivity index (χ0n) is 9.44. The summed E-state index contributed by atoms with van der Waals surface area (Å²) >= 11 is 3.16. The molecule has 92 valence electrons. The SMILES string of the molecule is COC(=O)c1nc(-c2ccccc2)c(Br)c(=O)[nH]1. The fraction of sp³-hybridized carbons (Fsp3) is 0.0833. The molecule has 0 radical (unpaired) electrons. The molecule has 0 atom stereocenters. The highest BCUT2D eigenvalue weighted by Crippen LogP contribution is 2.22. The van der Waals surface area contributed by atoms with E-state index in [0.717, 1.165) is 5.56 Å². The lowest BCUT2D eigenvalue weighted by Crippen LogP contribution is -2.18. The Morgan fingerprint density at radius 2 is 2.00 bits per heavy atom. The van der Waals surface area contributed by atoms with E-state index < -0.39 is 11.5 Å². The third kappa shape index (κ3) is 2.33. The smallest absolute Gasteiger partial charge is 0.374 e. The summed E-state index contributed by atoms with van der Waals surface area (Å²) < 4.78 is 4.81. The number of nitrogens with zero attached hydrogens (tertiary/aromatic N) is 1. The number of aromatic amines is 1. The Kier molecular flexibility index (Phi) is 3.57. The van der Waals surface area contributed by atoms with Gasteiger partial charge in [0.2, 0.25) is 5.82 Å². The number of hydrogen-bond acceptors (Lipinski definition) is 4. The van der Waals surface area contributed by atoms with Crippen LogP contribution in [0.4, 0.5) is 0 Å². The maximum Gasteiger partial charge on any atom is 0.374 e. The predicted octanol–water partition coefficient (Wildman–Crippen LogP) is 1.99. The molecule has 1 aromatic heterocycles. The van der Waals surface area contributed by atoms with E-state index in [9.17, 15) is 9.59 Å². The van der Waals surface area contributed by atoms with Crippen LogP contribution in [0.3, 0.4) is 0 Å². The molecule has 18 heavy (non-hydrogen) atoms. The summed E-state index contributed by atoms with van der Waals surface area (Å²) in [4.78, 5) is 29.5.